The molecule has 0 saturated heterocycles. The lowest BCUT2D eigenvalue weighted by atomic mass is 10.1. The standard InChI is InChI=1S/C16H14BrNO2/c17-15-4-2-1-3-13(15)10-20-16(19)11-5-6-12-8-18-9-14(12)7-11/h1-7,18H,8-10H2. The molecule has 4 heteroatoms. The average Bonchev–Trinajstić information content (AvgIpc) is 2.93. The van der Waals surface area contributed by atoms with Crippen molar-refractivity contribution in [3.05, 3.63) is 69.2 Å². The van der Waals surface area contributed by atoms with E-state index in [-0.39, 0.29) is 12.6 Å². The van der Waals surface area contributed by atoms with Crippen molar-refractivity contribution >= 4 is 21.9 Å². The van der Waals surface area contributed by atoms with E-state index in [4.69, 9.17) is 4.74 Å². The third-order valence-electron chi connectivity index (χ3n) is 3.39. The predicted molar refractivity (Wildman–Crippen MR) is 80.2 cm³/mol. The van der Waals surface area contributed by atoms with Crippen molar-refractivity contribution in [1.82, 2.24) is 5.32 Å². The fraction of sp³-hybridized carbons (Fsp3) is 0.188. The third-order valence-corrected chi connectivity index (χ3v) is 4.16. The largest absolute Gasteiger partial charge is 0.457 e. The molecule has 1 N–H and O–H groups in total. The number of nitrogens with one attached hydrogen (secondary N) is 1. The molecule has 1 heterocycles. The molecule has 0 aliphatic carbocycles. The number of benzene rings is 2. The van der Waals surface area contributed by atoms with Gasteiger partial charge in [0, 0.05) is 23.1 Å². The van der Waals surface area contributed by atoms with Crippen molar-refractivity contribution in [2.24, 2.45) is 0 Å². The van der Waals surface area contributed by atoms with Crippen LogP contribution in [0.4, 0.5) is 0 Å². The number of carbonyl (C=O) groups excluding carboxylic acids is 1. The predicted octanol–water partition coefficient (Wildman–Crippen LogP) is 3.41. The zero-order valence-corrected chi connectivity index (χ0v) is 12.4. The van der Waals surface area contributed by atoms with Gasteiger partial charge in [0.2, 0.25) is 0 Å². The Morgan fingerprint density at radius 2 is 1.95 bits per heavy atom. The second-order valence-corrected chi connectivity index (χ2v) is 5.61. The number of halogens is 1. The van der Waals surface area contributed by atoms with Crippen LogP contribution in [0, 0.1) is 0 Å². The lowest BCUT2D eigenvalue weighted by Crippen LogP contribution is -2.06. The van der Waals surface area contributed by atoms with Crippen LogP contribution in [-0.4, -0.2) is 5.97 Å². The second-order valence-electron chi connectivity index (χ2n) is 4.75. The first-order chi connectivity index (χ1) is 9.74. The number of rotatable bonds is 3. The molecule has 0 spiro atoms. The van der Waals surface area contributed by atoms with E-state index in [1.165, 1.54) is 11.1 Å². The highest BCUT2D eigenvalue weighted by Gasteiger charge is 2.14. The number of hydrogen-bond acceptors (Lipinski definition) is 3. The highest BCUT2D eigenvalue weighted by molar-refractivity contribution is 9.10. The van der Waals surface area contributed by atoms with Crippen molar-refractivity contribution in [2.45, 2.75) is 19.7 Å². The molecule has 20 heavy (non-hydrogen) atoms. The van der Waals surface area contributed by atoms with Gasteiger partial charge in [-0.05, 0) is 29.3 Å². The Morgan fingerprint density at radius 1 is 1.15 bits per heavy atom. The van der Waals surface area contributed by atoms with Crippen LogP contribution < -0.4 is 5.32 Å². The summed E-state index contributed by atoms with van der Waals surface area (Å²) in [5.74, 6) is -0.282. The molecule has 2 aromatic rings. The quantitative estimate of drug-likeness (QED) is 0.876. The Morgan fingerprint density at radius 3 is 2.80 bits per heavy atom. The first kappa shape index (κ1) is 13.3. The molecule has 0 fully saturated rings. The summed E-state index contributed by atoms with van der Waals surface area (Å²) in [4.78, 5) is 12.1. The number of carbonyl (C=O) groups is 1. The highest BCUT2D eigenvalue weighted by atomic mass is 79.9. The Balaban J connectivity index is 1.69. The van der Waals surface area contributed by atoms with Crippen molar-refractivity contribution in [3.63, 3.8) is 0 Å². The molecule has 0 radical (unpaired) electrons. The van der Waals surface area contributed by atoms with E-state index in [0.717, 1.165) is 23.1 Å². The summed E-state index contributed by atoms with van der Waals surface area (Å²) >= 11 is 3.44. The highest BCUT2D eigenvalue weighted by Crippen LogP contribution is 2.19. The van der Waals surface area contributed by atoms with Gasteiger partial charge in [-0.2, -0.15) is 0 Å². The molecule has 0 aromatic heterocycles. The van der Waals surface area contributed by atoms with E-state index in [2.05, 4.69) is 21.2 Å². The van der Waals surface area contributed by atoms with Gasteiger partial charge in [0.1, 0.15) is 6.61 Å². The van der Waals surface area contributed by atoms with Crippen molar-refractivity contribution in [1.29, 1.82) is 0 Å². The third kappa shape index (κ3) is 2.76. The lowest BCUT2D eigenvalue weighted by molar-refractivity contribution is 0.0472. The maximum atomic E-state index is 12.1. The maximum Gasteiger partial charge on any atom is 0.338 e. The van der Waals surface area contributed by atoms with Gasteiger partial charge in [-0.1, -0.05) is 40.2 Å². The molecular formula is C16H14BrNO2. The smallest absolute Gasteiger partial charge is 0.338 e. The van der Waals surface area contributed by atoms with Gasteiger partial charge in [-0.3, -0.25) is 0 Å². The molecule has 1 aliphatic rings. The van der Waals surface area contributed by atoms with Crippen LogP contribution in [0.5, 0.6) is 0 Å². The van der Waals surface area contributed by atoms with Gasteiger partial charge in [-0.15, -0.1) is 0 Å². The Labute approximate surface area is 126 Å². The summed E-state index contributed by atoms with van der Waals surface area (Å²) in [6.07, 6.45) is 0. The van der Waals surface area contributed by atoms with Crippen molar-refractivity contribution < 1.29 is 9.53 Å². The van der Waals surface area contributed by atoms with Crippen LogP contribution in [0.25, 0.3) is 0 Å². The molecule has 0 bridgehead atoms. The molecule has 3 rings (SSSR count). The van der Waals surface area contributed by atoms with Crippen LogP contribution >= 0.6 is 15.9 Å². The Bertz CT molecular complexity index is 655. The second kappa shape index (κ2) is 5.77. The lowest BCUT2D eigenvalue weighted by Gasteiger charge is -2.07. The fourth-order valence-electron chi connectivity index (χ4n) is 2.26. The van der Waals surface area contributed by atoms with Gasteiger partial charge >= 0.3 is 5.97 Å². The zero-order valence-electron chi connectivity index (χ0n) is 10.9. The zero-order chi connectivity index (χ0) is 13.9. The van der Waals surface area contributed by atoms with E-state index < -0.39 is 0 Å². The molecule has 1 aliphatic heterocycles. The minimum absolute atomic E-state index is 0.273. The van der Waals surface area contributed by atoms with Gasteiger partial charge in [-0.25, -0.2) is 4.79 Å². The molecule has 2 aromatic carbocycles. The SMILES string of the molecule is O=C(OCc1ccccc1Br)c1ccc2c(c1)CNC2. The molecule has 0 amide bonds. The summed E-state index contributed by atoms with van der Waals surface area (Å²) < 4.78 is 6.32. The van der Waals surface area contributed by atoms with Gasteiger partial charge in [0.15, 0.2) is 0 Å². The van der Waals surface area contributed by atoms with E-state index in [1.54, 1.807) is 0 Å². The minimum atomic E-state index is -0.282. The van der Waals surface area contributed by atoms with Crippen LogP contribution in [0.2, 0.25) is 0 Å². The molecule has 0 unspecified atom stereocenters. The first-order valence-electron chi connectivity index (χ1n) is 6.47. The summed E-state index contributed by atoms with van der Waals surface area (Å²) in [7, 11) is 0. The maximum absolute atomic E-state index is 12.1. The topological polar surface area (TPSA) is 38.3 Å². The Hall–Kier alpha value is -1.65. The monoisotopic (exact) mass is 331 g/mol. The summed E-state index contributed by atoms with van der Waals surface area (Å²) in [5, 5.41) is 3.26. The van der Waals surface area contributed by atoms with Crippen LogP contribution in [0.3, 0.4) is 0 Å². The number of ether oxygens (including phenoxy) is 1. The van der Waals surface area contributed by atoms with Crippen LogP contribution in [-0.2, 0) is 24.4 Å². The number of fused-ring (bicyclic) bond motifs is 1. The molecule has 3 nitrogen and oxygen atoms in total. The fourth-order valence-corrected chi connectivity index (χ4v) is 2.66. The number of hydrogen-bond donors (Lipinski definition) is 1. The summed E-state index contributed by atoms with van der Waals surface area (Å²) in [5.41, 5.74) is 4.01. The number of esters is 1. The first-order valence-corrected chi connectivity index (χ1v) is 7.26. The van der Waals surface area contributed by atoms with Crippen LogP contribution in [0.1, 0.15) is 27.0 Å². The van der Waals surface area contributed by atoms with Gasteiger partial charge < -0.3 is 10.1 Å². The summed E-state index contributed by atoms with van der Waals surface area (Å²) in [6, 6.07) is 13.5. The molecule has 0 saturated carbocycles. The van der Waals surface area contributed by atoms with Crippen molar-refractivity contribution in [3.8, 4) is 0 Å². The average molecular weight is 332 g/mol. The van der Waals surface area contributed by atoms with Crippen molar-refractivity contribution in [2.75, 3.05) is 0 Å². The van der Waals surface area contributed by atoms with E-state index in [9.17, 15) is 4.79 Å². The molecule has 0 atom stereocenters. The van der Waals surface area contributed by atoms with E-state index >= 15 is 0 Å². The van der Waals surface area contributed by atoms with E-state index in [0.29, 0.717) is 5.56 Å². The summed E-state index contributed by atoms with van der Waals surface area (Å²) in [6.45, 7) is 1.97. The normalized spacial score (nSPS) is 13.1. The van der Waals surface area contributed by atoms with Gasteiger partial charge in [0.05, 0.1) is 5.56 Å². The van der Waals surface area contributed by atoms with E-state index in [1.807, 2.05) is 42.5 Å². The Kier molecular flexibility index (Phi) is 3.85. The van der Waals surface area contributed by atoms with Gasteiger partial charge in [0.25, 0.3) is 0 Å². The van der Waals surface area contributed by atoms with Crippen LogP contribution in [0.15, 0.2) is 46.9 Å². The molecule has 102 valence electrons. The molecular weight excluding hydrogens is 318 g/mol. The minimum Gasteiger partial charge on any atom is -0.457 e.